The number of cyclic esters (lactones) is 1. The highest BCUT2D eigenvalue weighted by Gasteiger charge is 2.53. The lowest BCUT2D eigenvalue weighted by Gasteiger charge is -2.42. The molecule has 0 aromatic carbocycles. The van der Waals surface area contributed by atoms with Gasteiger partial charge in [-0.15, -0.1) is 0 Å². The number of allylic oxidation sites excluding steroid dienone is 7. The van der Waals surface area contributed by atoms with Gasteiger partial charge in [-0.25, -0.2) is 4.79 Å². The third-order valence-electron chi connectivity index (χ3n) is 15.1. The van der Waals surface area contributed by atoms with Crippen LogP contribution in [0.15, 0.2) is 47.6 Å². The van der Waals surface area contributed by atoms with Crippen molar-refractivity contribution in [3.63, 3.8) is 0 Å². The molecule has 0 radical (unpaired) electrons. The highest BCUT2D eigenvalue weighted by Crippen LogP contribution is 2.39. The number of nitrogens with zero attached hydrogens (tertiary/aromatic N) is 1. The Kier molecular flexibility index (Phi) is 24.7. The molecule has 4 N–H and O–H groups in total. The Hall–Kier alpha value is -3.37. The maximum Gasteiger partial charge on any atom is 0.329 e. The fourth-order valence-corrected chi connectivity index (χ4v) is 10.3. The molecule has 14 nitrogen and oxygen atoms in total. The molecule has 1 aliphatic carbocycles. The summed E-state index contributed by atoms with van der Waals surface area (Å²) >= 11 is 0. The van der Waals surface area contributed by atoms with Gasteiger partial charge < -0.3 is 44.3 Å². The van der Waals surface area contributed by atoms with Crippen molar-refractivity contribution >= 4 is 29.2 Å². The van der Waals surface area contributed by atoms with Gasteiger partial charge in [0, 0.05) is 44.9 Å². The van der Waals surface area contributed by atoms with E-state index in [1.54, 1.807) is 34.0 Å². The Morgan fingerprint density at radius 3 is 2.16 bits per heavy atom. The largest absolute Gasteiger partial charge is 0.460 e. The number of carbonyl (C=O) groups excluding carboxylic acids is 5. The van der Waals surface area contributed by atoms with E-state index in [0.29, 0.717) is 56.4 Å². The molecule has 386 valence electrons. The smallest absolute Gasteiger partial charge is 0.329 e. The minimum Gasteiger partial charge on any atom is -0.460 e. The Morgan fingerprint density at radius 1 is 0.824 bits per heavy atom. The lowest BCUT2D eigenvalue weighted by molar-refractivity contribution is -0.264. The predicted molar refractivity (Wildman–Crippen MR) is 261 cm³/mol. The van der Waals surface area contributed by atoms with E-state index >= 15 is 0 Å². The van der Waals surface area contributed by atoms with E-state index in [1.807, 2.05) is 58.1 Å². The zero-order valence-corrected chi connectivity index (χ0v) is 43.1. The average Bonchev–Trinajstić information content (AvgIpc) is 3.31. The lowest BCUT2D eigenvalue weighted by Crippen LogP contribution is -2.60. The molecule has 1 amide bonds. The summed E-state index contributed by atoms with van der Waals surface area (Å²) in [6.07, 6.45) is 14.9. The second-order valence-corrected chi connectivity index (χ2v) is 20.6. The van der Waals surface area contributed by atoms with Gasteiger partial charge in [-0.05, 0) is 120 Å². The van der Waals surface area contributed by atoms with Crippen LogP contribution >= 0.6 is 0 Å². The van der Waals surface area contributed by atoms with Crippen molar-refractivity contribution in [2.24, 2.45) is 47.3 Å². The number of fused-ring (bicyclic) bond motifs is 3. The molecular formula is C54H87NO13. The van der Waals surface area contributed by atoms with E-state index in [9.17, 15) is 34.2 Å². The Labute approximate surface area is 407 Å². The number of esters is 1. The number of piperidine rings is 1. The number of hydrogen-bond donors (Lipinski definition) is 4. The fraction of sp³-hybridized carbons (Fsp3) is 0.759. The number of ether oxygens (including phenoxy) is 4. The molecule has 2 saturated heterocycles. The van der Waals surface area contributed by atoms with Crippen LogP contribution in [-0.4, -0.2) is 131 Å². The molecule has 0 aromatic heterocycles. The number of rotatable bonds is 6. The minimum absolute atomic E-state index is 0.0426. The third-order valence-corrected chi connectivity index (χ3v) is 15.1. The van der Waals surface area contributed by atoms with Crippen LogP contribution in [0.1, 0.15) is 139 Å². The molecule has 3 fully saturated rings. The summed E-state index contributed by atoms with van der Waals surface area (Å²) in [6, 6.07) is -1.09. The Morgan fingerprint density at radius 2 is 1.51 bits per heavy atom. The van der Waals surface area contributed by atoms with Gasteiger partial charge in [0.25, 0.3) is 11.7 Å². The number of hydrogen-bond acceptors (Lipinski definition) is 13. The quantitative estimate of drug-likeness (QED) is 0.120. The summed E-state index contributed by atoms with van der Waals surface area (Å²) in [5, 5.41) is 38.6. The van der Waals surface area contributed by atoms with Gasteiger partial charge in [-0.1, -0.05) is 90.5 Å². The van der Waals surface area contributed by atoms with E-state index in [2.05, 4.69) is 13.8 Å². The molecule has 2 bridgehead atoms. The lowest BCUT2D eigenvalue weighted by atomic mass is 9.76. The molecule has 3 aliphatic heterocycles. The van der Waals surface area contributed by atoms with Crippen LogP contribution in [0.2, 0.25) is 0 Å². The topological polar surface area (TPSA) is 206 Å². The van der Waals surface area contributed by atoms with Crippen molar-refractivity contribution in [1.29, 1.82) is 0 Å². The van der Waals surface area contributed by atoms with E-state index < -0.39 is 71.7 Å². The second-order valence-electron chi connectivity index (χ2n) is 20.6. The van der Waals surface area contributed by atoms with Crippen LogP contribution in [0.3, 0.4) is 0 Å². The molecular weight excluding hydrogens is 871 g/mol. The fourth-order valence-electron chi connectivity index (χ4n) is 10.3. The van der Waals surface area contributed by atoms with Crippen LogP contribution in [0.25, 0.3) is 0 Å². The van der Waals surface area contributed by atoms with Crippen molar-refractivity contribution in [3.05, 3.63) is 47.6 Å². The van der Waals surface area contributed by atoms with Gasteiger partial charge in [0.05, 0.1) is 25.4 Å². The highest BCUT2D eigenvalue weighted by atomic mass is 16.6. The van der Waals surface area contributed by atoms with E-state index in [0.717, 1.165) is 24.8 Å². The first kappa shape index (κ1) is 58.9. The molecule has 0 aromatic rings. The number of Topliss-reactive ketones (excluding diaryl/α,β-unsaturated/α-hetero) is 3. The Balaban J connectivity index is 0.00000294. The van der Waals surface area contributed by atoms with Gasteiger partial charge in [-0.2, -0.15) is 0 Å². The monoisotopic (exact) mass is 958 g/mol. The first-order valence-electron chi connectivity index (χ1n) is 25.3. The van der Waals surface area contributed by atoms with Crippen LogP contribution in [0.5, 0.6) is 0 Å². The van der Waals surface area contributed by atoms with E-state index in [4.69, 9.17) is 29.2 Å². The predicted octanol–water partition coefficient (Wildman–Crippen LogP) is 7.05. The molecule has 12 unspecified atom stereocenters. The summed E-state index contributed by atoms with van der Waals surface area (Å²) in [6.45, 7) is 17.1. The first-order chi connectivity index (χ1) is 32.1. The average molecular weight is 958 g/mol. The van der Waals surface area contributed by atoms with Gasteiger partial charge in [0.1, 0.15) is 30.1 Å². The normalized spacial score (nSPS) is 38.9. The number of aliphatic hydroxyl groups is 4. The Bertz CT molecular complexity index is 1770. The molecule has 1 saturated carbocycles. The molecule has 4 aliphatic rings. The first-order valence-corrected chi connectivity index (χ1v) is 25.3. The molecule has 4 rings (SSSR count). The zero-order valence-electron chi connectivity index (χ0n) is 43.1. The van der Waals surface area contributed by atoms with Crippen LogP contribution in [0, 0.1) is 47.3 Å². The van der Waals surface area contributed by atoms with Crippen molar-refractivity contribution in [1.82, 2.24) is 4.90 Å². The highest BCUT2D eigenvalue weighted by molar-refractivity contribution is 6.39. The van der Waals surface area contributed by atoms with Gasteiger partial charge >= 0.3 is 5.97 Å². The van der Waals surface area contributed by atoms with E-state index in [-0.39, 0.29) is 73.9 Å². The molecule has 15 atom stereocenters. The summed E-state index contributed by atoms with van der Waals surface area (Å²) < 4.78 is 23.9. The van der Waals surface area contributed by atoms with Crippen LogP contribution < -0.4 is 0 Å². The SMILES string of the molecule is COC1CC(CC(C)C2CC(=O)C(C)/C=C(\C)C(O)C(OC)C(=O)[C@H](C)CC(C)/C=C/C=C/C=C(\C)C(C)CC3CC[C@@H](C)C(O)(O3)C(=O)C(=O)N3CCCC[C@H]3C(=O)O2)CCC1C.OCCO. The minimum atomic E-state index is -2.35. The standard InChI is InChI=1S/C52H81NO11.C2H6O2/c1-31-17-13-12-14-18-32(2)34(4)28-41-23-21-39(9)52(60,64-41)49(57)50(58)53-24-16-15-19-42(53)51(59)63-45(36(6)27-40-22-20-33(3)44(29-40)61-10)30-43(54)35(5)26-38(8)47(56)48(62-11)46(55)37(7)25-31;3-1-2-4/h12-14,17-18,26,31,33-37,39-42,44-45,47-48,56,60H,15-16,19-25,27-30H2,1-11H3;3-4H,1-2H2/b14-12+,17-13+,32-18+,38-26+;/t31?,33?,34?,35?,36?,37-,39-,40?,41?,42+,44?,45?,47?,48?,52?;/m1./s1. The van der Waals surface area contributed by atoms with Crippen LogP contribution in [-0.2, 0) is 42.9 Å². The second kappa shape index (κ2) is 28.5. The molecule has 3 heterocycles. The number of aliphatic hydroxyl groups excluding tert-OH is 3. The number of methoxy groups -OCH3 is 2. The molecule has 0 spiro atoms. The van der Waals surface area contributed by atoms with Gasteiger partial charge in [0.2, 0.25) is 5.79 Å². The summed E-state index contributed by atoms with van der Waals surface area (Å²) in [7, 11) is 3.13. The van der Waals surface area contributed by atoms with Crippen molar-refractivity contribution in [2.45, 2.75) is 182 Å². The third kappa shape index (κ3) is 16.6. The molecule has 68 heavy (non-hydrogen) atoms. The zero-order chi connectivity index (χ0) is 50.9. The summed E-state index contributed by atoms with van der Waals surface area (Å²) in [5.74, 6) is -6.76. The van der Waals surface area contributed by atoms with Crippen molar-refractivity contribution in [2.75, 3.05) is 34.0 Å². The summed E-state index contributed by atoms with van der Waals surface area (Å²) in [4.78, 5) is 71.8. The van der Waals surface area contributed by atoms with Gasteiger partial charge in [-0.3, -0.25) is 19.2 Å². The van der Waals surface area contributed by atoms with Crippen molar-refractivity contribution < 1.29 is 63.3 Å². The summed E-state index contributed by atoms with van der Waals surface area (Å²) in [5.41, 5.74) is 1.50. The maximum atomic E-state index is 14.4. The van der Waals surface area contributed by atoms with E-state index in [1.165, 1.54) is 12.0 Å². The number of ketones is 3. The molecule has 14 heteroatoms. The number of amides is 1. The van der Waals surface area contributed by atoms with Crippen LogP contribution in [0.4, 0.5) is 0 Å². The van der Waals surface area contributed by atoms with Gasteiger partial charge in [0.15, 0.2) is 5.78 Å². The van der Waals surface area contributed by atoms with Crippen molar-refractivity contribution in [3.8, 4) is 0 Å². The number of carbonyl (C=O) groups is 5. The maximum absolute atomic E-state index is 14.4.